The van der Waals surface area contributed by atoms with Crippen LogP contribution >= 0.6 is 23.2 Å². The normalized spacial score (nSPS) is 32.1. The zero-order chi connectivity index (χ0) is 28.6. The second kappa shape index (κ2) is 21.9. The molecule has 4 aliphatic heterocycles. The molecule has 4 rings (SSSR count). The molecule has 4 saturated heterocycles. The van der Waals surface area contributed by atoms with E-state index in [1.165, 1.54) is 83.7 Å². The van der Waals surface area contributed by atoms with Crippen LogP contribution in [0, 0.1) is 5.92 Å². The molecule has 8 nitrogen and oxygen atoms in total. The van der Waals surface area contributed by atoms with Crippen LogP contribution in [0.2, 0.25) is 0 Å². The van der Waals surface area contributed by atoms with Gasteiger partial charge in [0, 0.05) is 69.3 Å². The summed E-state index contributed by atoms with van der Waals surface area (Å²) in [5.74, 6) is 0.927. The molecule has 0 aromatic rings. The number of fused-ring (bicyclic) bond motifs is 6. The Bertz CT molecular complexity index is 666. The fraction of sp³-hybridized carbons (Fsp3) is 1.00. The minimum atomic E-state index is -0.743. The molecule has 0 spiro atoms. The summed E-state index contributed by atoms with van der Waals surface area (Å²) >= 11 is 17.1. The molecule has 41 heavy (non-hydrogen) atoms. The van der Waals surface area contributed by atoms with Crippen molar-refractivity contribution >= 4 is 23.2 Å². The first-order valence-electron chi connectivity index (χ1n) is 16.3. The zero-order valence-corrected chi connectivity index (χ0v) is 29.8. The molecule has 0 aromatic carbocycles. The van der Waals surface area contributed by atoms with Crippen molar-refractivity contribution in [2.75, 3.05) is 92.1 Å². The van der Waals surface area contributed by atoms with Crippen LogP contribution in [0.1, 0.15) is 84.0 Å². The van der Waals surface area contributed by atoms with E-state index in [1.54, 1.807) is 0 Å². The van der Waals surface area contributed by atoms with Crippen LogP contribution in [0.4, 0.5) is 0 Å². The van der Waals surface area contributed by atoms with Gasteiger partial charge in [-0.2, -0.15) is 0 Å². The predicted molar refractivity (Wildman–Crippen MR) is 166 cm³/mol. The molecule has 0 saturated carbocycles. The molecular weight excluding hydrogens is 641 g/mol. The van der Waals surface area contributed by atoms with Gasteiger partial charge in [-0.3, -0.25) is 4.90 Å². The van der Waals surface area contributed by atoms with Crippen molar-refractivity contribution in [3.8, 4) is 0 Å². The Morgan fingerprint density at radius 1 is 0.780 bits per heavy atom. The molecule has 4 atom stereocenters. The Kier molecular flexibility index (Phi) is 20.6. The zero-order valence-electron chi connectivity index (χ0n) is 26.0. The SMILES string of the molecule is CCCCN1CCN2CCCN(C)CCN(CC2)C(Cl)(Cl)CC1.[Mn].[Mn][N]1NNCCCC2CCCCCCN1CC2. The van der Waals surface area contributed by atoms with E-state index < -0.39 is 4.46 Å². The number of nitrogens with zero attached hydrogens (tertiary/aromatic N) is 6. The summed E-state index contributed by atoms with van der Waals surface area (Å²) in [7, 11) is 2.20. The predicted octanol–water partition coefficient (Wildman–Crippen LogP) is 4.30. The summed E-state index contributed by atoms with van der Waals surface area (Å²) in [5, 5.41) is 2.37. The molecular formula is C29H59Cl2Mn2N8. The molecule has 12 heteroatoms. The van der Waals surface area contributed by atoms with E-state index in [9.17, 15) is 0 Å². The van der Waals surface area contributed by atoms with Crippen LogP contribution in [-0.2, 0) is 33.3 Å². The fourth-order valence-electron chi connectivity index (χ4n) is 6.26. The van der Waals surface area contributed by atoms with E-state index in [1.807, 2.05) is 4.13 Å². The van der Waals surface area contributed by atoms with Crippen LogP contribution < -0.4 is 11.0 Å². The van der Waals surface area contributed by atoms with Crippen molar-refractivity contribution in [2.45, 2.75) is 88.4 Å². The molecule has 4 fully saturated rings. The summed E-state index contributed by atoms with van der Waals surface area (Å²) in [5.41, 5.74) is 6.45. The summed E-state index contributed by atoms with van der Waals surface area (Å²) < 4.78 is 1.21. The molecule has 243 valence electrons. The summed E-state index contributed by atoms with van der Waals surface area (Å²) in [6.07, 6.45) is 15.5. The van der Waals surface area contributed by atoms with Gasteiger partial charge in [-0.25, -0.2) is 0 Å². The van der Waals surface area contributed by atoms with E-state index in [-0.39, 0.29) is 17.1 Å². The van der Waals surface area contributed by atoms with Crippen molar-refractivity contribution < 1.29 is 33.3 Å². The number of nitrogens with one attached hydrogen (secondary N) is 2. The second-order valence-corrected chi connectivity index (χ2v) is 14.3. The van der Waals surface area contributed by atoms with Gasteiger partial charge in [-0.05, 0) is 39.5 Å². The third-order valence-corrected chi connectivity index (χ3v) is 10.4. The molecule has 4 bridgehead atoms. The number of hydrogen-bond donors (Lipinski definition) is 2. The Labute approximate surface area is 281 Å². The minimum absolute atomic E-state index is 0. The molecule has 1 radical (unpaired) electrons. The van der Waals surface area contributed by atoms with Crippen LogP contribution in [0.3, 0.4) is 0 Å². The van der Waals surface area contributed by atoms with Gasteiger partial charge in [-0.1, -0.05) is 36.5 Å². The van der Waals surface area contributed by atoms with Crippen molar-refractivity contribution in [3.63, 3.8) is 0 Å². The van der Waals surface area contributed by atoms with Crippen molar-refractivity contribution in [1.82, 2.24) is 39.7 Å². The first-order valence-corrected chi connectivity index (χ1v) is 17.6. The average molecular weight is 701 g/mol. The van der Waals surface area contributed by atoms with Gasteiger partial charge < -0.3 is 14.7 Å². The first-order chi connectivity index (χ1) is 19.4. The number of halogens is 2. The number of likely N-dealkylation sites (N-methyl/N-ethyl adjacent to an activating group) is 1. The molecule has 2 N–H and O–H groups in total. The number of alkyl halides is 2. The van der Waals surface area contributed by atoms with Gasteiger partial charge >= 0.3 is 113 Å². The quantitative estimate of drug-likeness (QED) is 0.257. The molecule has 4 unspecified atom stereocenters. The Morgan fingerprint density at radius 3 is 2.37 bits per heavy atom. The molecule has 0 aliphatic carbocycles. The second-order valence-electron chi connectivity index (χ2n) is 12.3. The summed E-state index contributed by atoms with van der Waals surface area (Å²) in [4.78, 5) is 9.84. The summed E-state index contributed by atoms with van der Waals surface area (Å²) in [6, 6.07) is 0. The van der Waals surface area contributed by atoms with Gasteiger partial charge in [0.2, 0.25) is 0 Å². The first kappa shape index (κ1) is 38.5. The summed E-state index contributed by atoms with van der Waals surface area (Å²) in [6.45, 7) is 16.4. The van der Waals surface area contributed by atoms with Crippen molar-refractivity contribution in [1.29, 1.82) is 0 Å². The van der Waals surface area contributed by atoms with Gasteiger partial charge in [0.15, 0.2) is 4.46 Å². The van der Waals surface area contributed by atoms with E-state index >= 15 is 0 Å². The standard InChI is InChI=1S/C17H34Cl2N4.C12H25N4.2Mn/c1-3-4-8-21-10-6-17(18,19)23-15-11-20(2)7-5-9-22(13-12-21)14-16-23;1-2-4-10-16-11-8-12(6-3-1)7-5-9-13-14-15-16;;/h3-16H2,1-2H3;12-14H,1-11H2;;/q;-1;;+1. The van der Waals surface area contributed by atoms with Crippen LogP contribution in [-0.4, -0.2) is 125 Å². The molecule has 4 aliphatic rings. The van der Waals surface area contributed by atoms with Gasteiger partial charge in [-0.15, -0.1) is 0 Å². The maximum atomic E-state index is 6.76. The molecule has 0 aromatic heterocycles. The van der Waals surface area contributed by atoms with E-state index in [0.717, 1.165) is 84.3 Å². The van der Waals surface area contributed by atoms with Crippen LogP contribution in [0.5, 0.6) is 0 Å². The van der Waals surface area contributed by atoms with E-state index in [2.05, 4.69) is 65.8 Å². The third-order valence-electron chi connectivity index (χ3n) is 9.11. The van der Waals surface area contributed by atoms with Crippen LogP contribution in [0.15, 0.2) is 0 Å². The molecule has 0 amide bonds. The number of hydrazine groups is 3. The monoisotopic (exact) mass is 699 g/mol. The van der Waals surface area contributed by atoms with Crippen LogP contribution in [0.25, 0.3) is 0 Å². The third kappa shape index (κ3) is 15.4. The number of rotatable bonds is 3. The fourth-order valence-corrected chi connectivity index (χ4v) is 7.10. The number of unbranched alkanes of at least 4 members (excludes halogenated alkanes) is 1. The van der Waals surface area contributed by atoms with E-state index in [4.69, 9.17) is 23.2 Å². The van der Waals surface area contributed by atoms with E-state index in [0.29, 0.717) is 0 Å². The topological polar surface area (TPSA) is 43.5 Å². The van der Waals surface area contributed by atoms with Crippen molar-refractivity contribution in [3.05, 3.63) is 0 Å². The average Bonchev–Trinajstić information content (AvgIpc) is 2.94. The maximum absolute atomic E-state index is 6.76. The van der Waals surface area contributed by atoms with Gasteiger partial charge in [0.25, 0.3) is 0 Å². The molecule has 4 heterocycles. The van der Waals surface area contributed by atoms with Gasteiger partial charge in [0.05, 0.1) is 0 Å². The van der Waals surface area contributed by atoms with Gasteiger partial charge in [0.1, 0.15) is 0 Å². The number of hydrogen-bond acceptors (Lipinski definition) is 8. The Morgan fingerprint density at radius 2 is 1.54 bits per heavy atom. The van der Waals surface area contributed by atoms with Crippen molar-refractivity contribution in [2.24, 2.45) is 5.92 Å². The Hall–Kier alpha value is 1.30. The Balaban J connectivity index is 0.000000292.